The van der Waals surface area contributed by atoms with E-state index in [1.54, 1.807) is 0 Å². The third-order valence-electron chi connectivity index (χ3n) is 0.635. The topological polar surface area (TPSA) is 58.2 Å². The summed E-state index contributed by atoms with van der Waals surface area (Å²) in [7, 11) is 0. The van der Waals surface area contributed by atoms with Gasteiger partial charge in [-0.2, -0.15) is 0 Å². The highest BCUT2D eigenvalue weighted by molar-refractivity contribution is 5.99. The first-order chi connectivity index (χ1) is 6.14. The number of carbonyl (C=O) groups is 2. The van der Waals surface area contributed by atoms with E-state index >= 15 is 0 Å². The largest absolute Gasteiger partial charge is 0.334 e. The second-order valence-electron chi connectivity index (χ2n) is 1.24. The van der Waals surface area contributed by atoms with Gasteiger partial charge in [-0.15, -0.1) is 0 Å². The van der Waals surface area contributed by atoms with Crippen molar-refractivity contribution in [2.75, 3.05) is 6.50 Å². The zero-order valence-corrected chi connectivity index (χ0v) is 4.09. The Morgan fingerprint density at radius 3 is 3.33 bits per heavy atom. The zero-order valence-electron chi connectivity index (χ0n) is 9.09. The number of hydrogen-bond acceptors (Lipinski definition) is 2. The van der Waals surface area contributed by atoms with Crippen molar-refractivity contribution in [3.05, 3.63) is 0 Å². The number of urea groups is 1. The second kappa shape index (κ2) is 2.00. The summed E-state index contributed by atoms with van der Waals surface area (Å²) in [4.78, 5) is 21.6. The van der Waals surface area contributed by atoms with E-state index in [4.69, 9.17) is 6.94 Å². The van der Waals surface area contributed by atoms with E-state index in [0.29, 0.717) is 0 Å². The number of halogens is 1. The lowest BCUT2D eigenvalue weighted by Crippen LogP contribution is -2.53. The van der Waals surface area contributed by atoms with Gasteiger partial charge >= 0.3 is 6.03 Å². The number of amides is 3. The minimum absolute atomic E-state index is 0.547. The van der Waals surface area contributed by atoms with Gasteiger partial charge in [0.15, 0.2) is 8.97 Å². The third-order valence-corrected chi connectivity index (χ3v) is 0.635. The summed E-state index contributed by atoms with van der Waals surface area (Å²) >= 11 is 0. The molecule has 1 rings (SSSR count). The van der Waals surface area contributed by atoms with Crippen molar-refractivity contribution in [2.45, 2.75) is 6.15 Å². The van der Waals surface area contributed by atoms with Gasteiger partial charge in [-0.1, -0.05) is 0 Å². The quantitative estimate of drug-likeness (QED) is 0.457. The van der Waals surface area contributed by atoms with Gasteiger partial charge in [0.25, 0.3) is 5.91 Å². The minimum Gasteiger partial charge on any atom is -0.334 e. The number of alkyl halides is 1. The molecule has 9 heavy (non-hydrogen) atoms. The van der Waals surface area contributed by atoms with E-state index in [0.717, 1.165) is 0 Å². The molecule has 0 radical (unpaired) electrons. The van der Waals surface area contributed by atoms with Crippen molar-refractivity contribution in [1.82, 2.24) is 10.6 Å². The summed E-state index contributed by atoms with van der Waals surface area (Å²) in [5.41, 5.74) is 0. The SMILES string of the molecule is [2H]N1C(=O)N([2H])C([2H])([2H])C([2H])(F)C1=O. The lowest BCUT2D eigenvalue weighted by molar-refractivity contribution is -0.125. The first-order valence-electron chi connectivity index (χ1n) is 4.39. The van der Waals surface area contributed by atoms with Crippen LogP contribution < -0.4 is 10.6 Å². The van der Waals surface area contributed by atoms with Crippen LogP contribution in [0.4, 0.5) is 9.18 Å². The average molecular weight is 137 g/mol. The Morgan fingerprint density at radius 2 is 2.67 bits per heavy atom. The summed E-state index contributed by atoms with van der Waals surface area (Å²) in [5.74, 6) is -1.95. The number of hydrogen-bond donors (Lipinski definition) is 2. The lowest BCUT2D eigenvalue weighted by atomic mass is 10.3. The van der Waals surface area contributed by atoms with Gasteiger partial charge in [-0.3, -0.25) is 10.1 Å². The van der Waals surface area contributed by atoms with E-state index in [-0.39, 0.29) is 0 Å². The molecule has 1 aliphatic rings. The van der Waals surface area contributed by atoms with Gasteiger partial charge in [-0.25, -0.2) is 9.18 Å². The van der Waals surface area contributed by atoms with Gasteiger partial charge in [-0.05, 0) is 0 Å². The van der Waals surface area contributed by atoms with Crippen LogP contribution in [-0.2, 0) is 4.79 Å². The normalized spacial score (nSPS) is 51.0. The second-order valence-corrected chi connectivity index (χ2v) is 1.24. The molecule has 50 valence electrons. The number of rotatable bonds is 0. The maximum Gasteiger partial charge on any atom is 0.321 e. The lowest BCUT2D eigenvalue weighted by Gasteiger charge is -2.14. The fourth-order valence-electron chi connectivity index (χ4n) is 0.306. The van der Waals surface area contributed by atoms with Crippen LogP contribution in [0, 0.1) is 0 Å². The highest BCUT2D eigenvalue weighted by atomic mass is 19.1. The number of carbonyl (C=O) groups excluding carboxylic acids is 2. The van der Waals surface area contributed by atoms with Crippen molar-refractivity contribution in [3.8, 4) is 0 Å². The standard InChI is InChI=1S/C4H5FN2O2/c5-2-1-6-4(9)7-3(2)8/h2H,1H2,(H2,6,7,8,9)/i1D2,2D/hD2. The summed E-state index contributed by atoms with van der Waals surface area (Å²) in [6, 6.07) is -1.64. The zero-order chi connectivity index (χ0) is 11.3. The third kappa shape index (κ3) is 1.16. The molecule has 1 unspecified atom stereocenters. The molecule has 1 saturated heterocycles. The molecule has 0 aliphatic carbocycles. The van der Waals surface area contributed by atoms with Crippen molar-refractivity contribution < 1.29 is 20.9 Å². The van der Waals surface area contributed by atoms with Crippen molar-refractivity contribution >= 4 is 11.9 Å². The molecular formula is C4H5FN2O2. The molecular weight excluding hydrogens is 127 g/mol. The molecule has 0 bridgehead atoms. The van der Waals surface area contributed by atoms with E-state index in [9.17, 15) is 14.0 Å². The summed E-state index contributed by atoms with van der Waals surface area (Å²) in [6.07, 6.45) is -3.84. The Balaban J connectivity index is 3.24. The fourth-order valence-corrected chi connectivity index (χ4v) is 0.306. The molecule has 0 aromatic rings. The Bertz CT molecular complexity index is 308. The molecule has 1 aliphatic heterocycles. The first kappa shape index (κ1) is 2.24. The minimum atomic E-state index is -3.84. The predicted molar refractivity (Wildman–Crippen MR) is 26.4 cm³/mol. The molecule has 0 spiro atoms. The molecule has 2 N–H and O–H groups in total. The maximum atomic E-state index is 13.2. The van der Waals surface area contributed by atoms with Crippen LogP contribution >= 0.6 is 0 Å². The highest BCUT2D eigenvalue weighted by Gasteiger charge is 2.24. The molecule has 1 atom stereocenters. The van der Waals surface area contributed by atoms with Crippen molar-refractivity contribution in [2.24, 2.45) is 0 Å². The van der Waals surface area contributed by atoms with Gasteiger partial charge < -0.3 is 5.31 Å². The highest BCUT2D eigenvalue weighted by Crippen LogP contribution is 1.92. The molecule has 0 saturated carbocycles. The molecule has 1 fully saturated rings. The average Bonchev–Trinajstić information content (AvgIpc) is 2.10. The van der Waals surface area contributed by atoms with E-state index < -0.39 is 35.2 Å². The van der Waals surface area contributed by atoms with Crippen LogP contribution in [-0.4, -0.2) is 24.6 Å². The van der Waals surface area contributed by atoms with Crippen LogP contribution in [0.15, 0.2) is 0 Å². The van der Waals surface area contributed by atoms with Crippen LogP contribution in [0.2, 0.25) is 2.82 Å². The van der Waals surface area contributed by atoms with Crippen LogP contribution in [0.1, 0.15) is 4.11 Å². The van der Waals surface area contributed by atoms with Gasteiger partial charge in [0.05, 0.1) is 10.6 Å². The van der Waals surface area contributed by atoms with Crippen molar-refractivity contribution in [1.29, 1.82) is 0 Å². The molecule has 3 amide bonds. The van der Waals surface area contributed by atoms with E-state index in [1.807, 2.05) is 0 Å². The summed E-state index contributed by atoms with van der Waals surface area (Å²) in [6.45, 7) is -3.40. The summed E-state index contributed by atoms with van der Waals surface area (Å²) in [5, 5.41) is -1.10. The molecule has 4 nitrogen and oxygen atoms in total. The molecule has 5 heteroatoms. The fraction of sp³-hybridized carbons (Fsp3) is 0.500. The summed E-state index contributed by atoms with van der Waals surface area (Å²) < 4.78 is 47.1. The van der Waals surface area contributed by atoms with Crippen LogP contribution in [0.25, 0.3) is 0 Å². The van der Waals surface area contributed by atoms with Gasteiger partial charge in [0.1, 0.15) is 0 Å². The number of imide groups is 1. The Morgan fingerprint density at radius 1 is 2.00 bits per heavy atom. The van der Waals surface area contributed by atoms with Crippen molar-refractivity contribution in [3.63, 3.8) is 0 Å². The van der Waals surface area contributed by atoms with E-state index in [2.05, 4.69) is 0 Å². The first-order valence-corrected chi connectivity index (χ1v) is 1.99. The van der Waals surface area contributed by atoms with Gasteiger partial charge in [0, 0.05) is 0 Å². The predicted octanol–water partition coefficient (Wildman–Crippen LogP) is -0.836. The molecule has 1 heterocycles. The van der Waals surface area contributed by atoms with Crippen LogP contribution in [0.5, 0.6) is 0 Å². The smallest absolute Gasteiger partial charge is 0.321 e. The molecule has 0 aromatic carbocycles. The molecule has 0 aromatic heterocycles. The van der Waals surface area contributed by atoms with Crippen LogP contribution in [0.3, 0.4) is 0 Å². The monoisotopic (exact) mass is 137 g/mol. The maximum absolute atomic E-state index is 13.2. The Kier molecular flexibility index (Phi) is 0.499. The van der Waals surface area contributed by atoms with E-state index in [1.165, 1.54) is 0 Å². The number of nitrogens with one attached hydrogen (secondary N) is 2. The Hall–Kier alpha value is -1.13. The van der Waals surface area contributed by atoms with Gasteiger partial charge in [0.2, 0.25) is 0 Å². The Labute approximate surface area is 57.6 Å².